The van der Waals surface area contributed by atoms with Crippen molar-refractivity contribution in [2.45, 2.75) is 19.5 Å². The van der Waals surface area contributed by atoms with Gasteiger partial charge in [0.2, 0.25) is 0 Å². The van der Waals surface area contributed by atoms with Gasteiger partial charge in [0.05, 0.1) is 19.3 Å². The maximum Gasteiger partial charge on any atom is 0.154 e. The average Bonchev–Trinajstić information content (AvgIpc) is 3.10. The summed E-state index contributed by atoms with van der Waals surface area (Å²) in [5.74, 6) is 0.726. The van der Waals surface area contributed by atoms with Crippen molar-refractivity contribution in [3.05, 3.63) is 59.5 Å². The molecule has 4 rings (SSSR count). The molecule has 0 spiro atoms. The van der Waals surface area contributed by atoms with E-state index in [1.165, 1.54) is 5.56 Å². The molecule has 1 atom stereocenters. The number of aromatic nitrogens is 3. The number of hydrogen-bond acceptors (Lipinski definition) is 7. The Kier molecular flexibility index (Phi) is 6.59. The fraction of sp³-hybridized carbons (Fsp3) is 0.455. The van der Waals surface area contributed by atoms with Crippen molar-refractivity contribution in [3.63, 3.8) is 0 Å². The zero-order valence-corrected chi connectivity index (χ0v) is 17.4. The summed E-state index contributed by atoms with van der Waals surface area (Å²) < 4.78 is 1.88. The quantitative estimate of drug-likeness (QED) is 0.516. The van der Waals surface area contributed by atoms with E-state index >= 15 is 0 Å². The topological polar surface area (TPSA) is 89.2 Å². The Morgan fingerprint density at radius 2 is 1.80 bits per heavy atom. The molecule has 0 aliphatic carbocycles. The Morgan fingerprint density at radius 1 is 1.07 bits per heavy atom. The van der Waals surface area contributed by atoms with Gasteiger partial charge in [0, 0.05) is 45.5 Å². The first-order chi connectivity index (χ1) is 14.7. The van der Waals surface area contributed by atoms with E-state index in [1.807, 2.05) is 34.8 Å². The summed E-state index contributed by atoms with van der Waals surface area (Å²) >= 11 is 0. The van der Waals surface area contributed by atoms with Crippen LogP contribution in [0.1, 0.15) is 22.7 Å². The molecule has 0 unspecified atom stereocenters. The zero-order valence-electron chi connectivity index (χ0n) is 17.4. The Morgan fingerprint density at radius 3 is 2.50 bits per heavy atom. The number of piperazine rings is 1. The number of nitrogens with zero attached hydrogens (tertiary/aromatic N) is 5. The van der Waals surface area contributed by atoms with Crippen molar-refractivity contribution < 1.29 is 10.2 Å². The Bertz CT molecular complexity index is 953. The second kappa shape index (κ2) is 9.53. The molecule has 1 saturated heterocycles. The number of aliphatic hydroxyl groups excluding tert-OH is 2. The van der Waals surface area contributed by atoms with Gasteiger partial charge in [-0.05, 0) is 23.6 Å². The van der Waals surface area contributed by atoms with Crippen LogP contribution in [0.15, 0.2) is 42.9 Å². The van der Waals surface area contributed by atoms with Crippen LogP contribution in [0.5, 0.6) is 0 Å². The number of rotatable bonds is 8. The second-order valence-electron chi connectivity index (χ2n) is 7.81. The van der Waals surface area contributed by atoms with Crippen LogP contribution < -0.4 is 5.32 Å². The van der Waals surface area contributed by atoms with Crippen LogP contribution in [0.2, 0.25) is 0 Å². The lowest BCUT2D eigenvalue weighted by atomic mass is 10.1. The molecule has 1 aliphatic heterocycles. The summed E-state index contributed by atoms with van der Waals surface area (Å²) in [6, 6.07) is 9.67. The molecule has 3 heterocycles. The number of β-amino-alcohol motifs (C(OH)–C–C–N with tert-alkyl or cyclic N) is 1. The molecule has 30 heavy (non-hydrogen) atoms. The largest absolute Gasteiger partial charge is 0.395 e. The maximum atomic E-state index is 9.92. The van der Waals surface area contributed by atoms with Gasteiger partial charge in [-0.25, -0.2) is 9.50 Å². The normalized spacial score (nSPS) is 16.8. The Labute approximate surface area is 176 Å². The standard InChI is InChI=1S/C22H30N6O2/c1-17-19(13-27-9-7-26(8-10-27)11-12-29)14-28-21(17)22(23-16-24-28)25-20(15-30)18-5-3-2-4-6-18/h2-6,14,16,20,29-30H,7-13,15H2,1H3,(H,23,24,25)/t20-/m1/s1. The summed E-state index contributed by atoms with van der Waals surface area (Å²) in [6.07, 6.45) is 3.62. The Balaban J connectivity index is 1.53. The molecule has 0 saturated carbocycles. The first-order valence-electron chi connectivity index (χ1n) is 10.5. The van der Waals surface area contributed by atoms with E-state index in [9.17, 15) is 5.11 Å². The molecular formula is C22H30N6O2. The second-order valence-corrected chi connectivity index (χ2v) is 7.81. The third-order valence-electron chi connectivity index (χ3n) is 5.90. The fourth-order valence-electron chi connectivity index (χ4n) is 4.11. The molecule has 1 fully saturated rings. The molecule has 3 N–H and O–H groups in total. The lowest BCUT2D eigenvalue weighted by molar-refractivity contribution is 0.108. The summed E-state index contributed by atoms with van der Waals surface area (Å²) in [5.41, 5.74) is 4.35. The summed E-state index contributed by atoms with van der Waals surface area (Å²) in [7, 11) is 0. The molecular weight excluding hydrogens is 380 g/mol. The highest BCUT2D eigenvalue weighted by molar-refractivity contribution is 5.73. The predicted molar refractivity (Wildman–Crippen MR) is 116 cm³/mol. The van der Waals surface area contributed by atoms with Gasteiger partial charge in [-0.3, -0.25) is 9.80 Å². The van der Waals surface area contributed by atoms with Crippen LogP contribution in [0.4, 0.5) is 5.82 Å². The van der Waals surface area contributed by atoms with Gasteiger partial charge in [-0.2, -0.15) is 5.10 Å². The minimum atomic E-state index is -0.234. The van der Waals surface area contributed by atoms with E-state index in [2.05, 4.69) is 38.3 Å². The average molecular weight is 411 g/mol. The number of benzene rings is 1. The number of aliphatic hydroxyl groups is 2. The van der Waals surface area contributed by atoms with Crippen molar-refractivity contribution in [2.24, 2.45) is 0 Å². The predicted octanol–water partition coefficient (Wildman–Crippen LogP) is 1.29. The first-order valence-corrected chi connectivity index (χ1v) is 10.5. The molecule has 3 aromatic rings. The van der Waals surface area contributed by atoms with Crippen LogP contribution in [-0.4, -0.2) is 80.5 Å². The van der Waals surface area contributed by atoms with Gasteiger partial charge in [-0.1, -0.05) is 30.3 Å². The molecule has 0 amide bonds. The number of anilines is 1. The molecule has 2 aromatic heterocycles. The number of fused-ring (bicyclic) bond motifs is 1. The monoisotopic (exact) mass is 410 g/mol. The third-order valence-corrected chi connectivity index (χ3v) is 5.90. The van der Waals surface area contributed by atoms with E-state index in [1.54, 1.807) is 6.33 Å². The van der Waals surface area contributed by atoms with Crippen LogP contribution in [0.3, 0.4) is 0 Å². The van der Waals surface area contributed by atoms with Crippen molar-refractivity contribution in [2.75, 3.05) is 51.3 Å². The van der Waals surface area contributed by atoms with Crippen LogP contribution in [-0.2, 0) is 6.54 Å². The summed E-state index contributed by atoms with van der Waals surface area (Å²) in [6.45, 7) is 7.86. The van der Waals surface area contributed by atoms with Gasteiger partial charge in [0.25, 0.3) is 0 Å². The van der Waals surface area contributed by atoms with Crippen molar-refractivity contribution in [3.8, 4) is 0 Å². The molecule has 1 aromatic carbocycles. The molecule has 8 nitrogen and oxygen atoms in total. The van der Waals surface area contributed by atoms with Gasteiger partial charge in [0.1, 0.15) is 11.8 Å². The summed E-state index contributed by atoms with van der Waals surface area (Å²) in [5, 5.41) is 26.9. The van der Waals surface area contributed by atoms with E-state index in [4.69, 9.17) is 5.11 Å². The van der Waals surface area contributed by atoms with Gasteiger partial charge in [0.15, 0.2) is 5.82 Å². The van der Waals surface area contributed by atoms with Crippen molar-refractivity contribution in [1.29, 1.82) is 0 Å². The highest BCUT2D eigenvalue weighted by Gasteiger charge is 2.20. The smallest absolute Gasteiger partial charge is 0.154 e. The van der Waals surface area contributed by atoms with E-state index in [-0.39, 0.29) is 19.3 Å². The van der Waals surface area contributed by atoms with Gasteiger partial charge < -0.3 is 15.5 Å². The molecule has 0 radical (unpaired) electrons. The molecule has 0 bridgehead atoms. The molecule has 160 valence electrons. The summed E-state index contributed by atoms with van der Waals surface area (Å²) in [4.78, 5) is 9.21. The van der Waals surface area contributed by atoms with E-state index in [0.717, 1.165) is 61.7 Å². The SMILES string of the molecule is Cc1c(CN2CCN(CCO)CC2)cn2ncnc(N[C@H](CO)c3ccccc3)c12. The highest BCUT2D eigenvalue weighted by Crippen LogP contribution is 2.27. The number of aryl methyl sites for hydroxylation is 1. The van der Waals surface area contributed by atoms with E-state index < -0.39 is 0 Å². The highest BCUT2D eigenvalue weighted by atomic mass is 16.3. The van der Waals surface area contributed by atoms with E-state index in [0.29, 0.717) is 0 Å². The zero-order chi connectivity index (χ0) is 20.9. The van der Waals surface area contributed by atoms with Crippen molar-refractivity contribution in [1.82, 2.24) is 24.4 Å². The van der Waals surface area contributed by atoms with Crippen molar-refractivity contribution >= 4 is 11.3 Å². The van der Waals surface area contributed by atoms with Crippen LogP contribution in [0.25, 0.3) is 5.52 Å². The van der Waals surface area contributed by atoms with Crippen LogP contribution >= 0.6 is 0 Å². The first kappa shape index (κ1) is 20.7. The molecule has 8 heteroatoms. The minimum Gasteiger partial charge on any atom is -0.395 e. The molecule has 1 aliphatic rings. The number of hydrogen-bond donors (Lipinski definition) is 3. The lowest BCUT2D eigenvalue weighted by Gasteiger charge is -2.34. The van der Waals surface area contributed by atoms with Gasteiger partial charge in [-0.15, -0.1) is 0 Å². The third kappa shape index (κ3) is 4.46. The Hall–Kier alpha value is -2.52. The lowest BCUT2D eigenvalue weighted by Crippen LogP contribution is -2.46. The maximum absolute atomic E-state index is 9.92. The minimum absolute atomic E-state index is 0.0229. The van der Waals surface area contributed by atoms with Gasteiger partial charge >= 0.3 is 0 Å². The number of nitrogens with one attached hydrogen (secondary N) is 1. The van der Waals surface area contributed by atoms with Crippen LogP contribution in [0, 0.1) is 6.92 Å². The fourth-order valence-corrected chi connectivity index (χ4v) is 4.11.